The van der Waals surface area contributed by atoms with E-state index in [4.69, 9.17) is 4.74 Å². The first kappa shape index (κ1) is 10.5. The Morgan fingerprint density at radius 3 is 2.50 bits per heavy atom. The minimum absolute atomic E-state index is 0.592. The van der Waals surface area contributed by atoms with Crippen LogP contribution < -0.4 is 0 Å². The van der Waals surface area contributed by atoms with Gasteiger partial charge in [0.2, 0.25) is 0 Å². The van der Waals surface area contributed by atoms with E-state index in [9.17, 15) is 0 Å². The van der Waals surface area contributed by atoms with Crippen LogP contribution in [0.25, 0.3) is 0 Å². The van der Waals surface area contributed by atoms with Crippen LogP contribution in [-0.2, 0) is 4.74 Å². The summed E-state index contributed by atoms with van der Waals surface area (Å²) in [6, 6.07) is 0. The van der Waals surface area contributed by atoms with Gasteiger partial charge < -0.3 is 4.74 Å². The highest BCUT2D eigenvalue weighted by atomic mass is 16.5. The zero-order chi connectivity index (χ0) is 9.97. The number of ether oxygens (including phenoxy) is 1. The predicted octanol–water partition coefficient (Wildman–Crippen LogP) is 3.63. The molecule has 0 N–H and O–H groups in total. The number of fused-ring (bicyclic) bond motifs is 1. The summed E-state index contributed by atoms with van der Waals surface area (Å²) in [6.07, 6.45) is 9.11. The third-order valence-electron chi connectivity index (χ3n) is 4.23. The molecule has 1 heteroatoms. The van der Waals surface area contributed by atoms with Crippen molar-refractivity contribution in [1.82, 2.24) is 0 Å². The molecule has 4 atom stereocenters. The molecule has 0 amide bonds. The minimum Gasteiger partial charge on any atom is -0.378 e. The van der Waals surface area contributed by atoms with Crippen molar-refractivity contribution in [3.05, 3.63) is 0 Å². The molecule has 0 aromatic carbocycles. The number of rotatable bonds is 2. The van der Waals surface area contributed by atoms with Crippen molar-refractivity contribution in [1.29, 1.82) is 0 Å². The standard InChI is InChI=1S/C13H24O/c1-3-14-13-7-6-11-8-10(2)4-5-12(11)9-13/h10-13H,3-9H2,1-2H3. The predicted molar refractivity (Wildman–Crippen MR) is 59.3 cm³/mol. The van der Waals surface area contributed by atoms with E-state index in [0.29, 0.717) is 6.10 Å². The normalized spacial score (nSPS) is 43.3. The van der Waals surface area contributed by atoms with Gasteiger partial charge in [0.25, 0.3) is 0 Å². The Morgan fingerprint density at radius 1 is 1.00 bits per heavy atom. The van der Waals surface area contributed by atoms with Crippen LogP contribution in [0.15, 0.2) is 0 Å². The molecule has 2 aliphatic rings. The topological polar surface area (TPSA) is 9.23 Å². The Balaban J connectivity index is 1.85. The second kappa shape index (κ2) is 4.65. The number of hydrogen-bond acceptors (Lipinski definition) is 1. The molecule has 14 heavy (non-hydrogen) atoms. The van der Waals surface area contributed by atoms with Crippen LogP contribution >= 0.6 is 0 Å². The third-order valence-corrected chi connectivity index (χ3v) is 4.23. The summed E-state index contributed by atoms with van der Waals surface area (Å²) in [5, 5.41) is 0. The van der Waals surface area contributed by atoms with Crippen LogP contribution in [0.1, 0.15) is 52.4 Å². The lowest BCUT2D eigenvalue weighted by atomic mass is 9.67. The second-order valence-electron chi connectivity index (χ2n) is 5.33. The quantitative estimate of drug-likeness (QED) is 0.655. The molecule has 0 aromatic heterocycles. The fraction of sp³-hybridized carbons (Fsp3) is 1.00. The fourth-order valence-corrected chi connectivity index (χ4v) is 3.47. The maximum atomic E-state index is 5.76. The first-order chi connectivity index (χ1) is 6.79. The highest BCUT2D eigenvalue weighted by Gasteiger charge is 2.34. The lowest BCUT2D eigenvalue weighted by Crippen LogP contribution is -2.33. The lowest BCUT2D eigenvalue weighted by molar-refractivity contribution is -0.0128. The highest BCUT2D eigenvalue weighted by Crippen LogP contribution is 2.43. The van der Waals surface area contributed by atoms with Gasteiger partial charge in [-0.3, -0.25) is 0 Å². The molecule has 82 valence electrons. The van der Waals surface area contributed by atoms with E-state index >= 15 is 0 Å². The van der Waals surface area contributed by atoms with E-state index in [-0.39, 0.29) is 0 Å². The molecular weight excluding hydrogens is 172 g/mol. The van der Waals surface area contributed by atoms with E-state index in [1.54, 1.807) is 0 Å². The van der Waals surface area contributed by atoms with Crippen molar-refractivity contribution >= 4 is 0 Å². The van der Waals surface area contributed by atoms with Gasteiger partial charge in [-0.25, -0.2) is 0 Å². The van der Waals surface area contributed by atoms with E-state index in [1.165, 1.54) is 38.5 Å². The molecule has 0 heterocycles. The summed E-state index contributed by atoms with van der Waals surface area (Å²) >= 11 is 0. The largest absolute Gasteiger partial charge is 0.378 e. The van der Waals surface area contributed by atoms with Crippen LogP contribution in [-0.4, -0.2) is 12.7 Å². The molecule has 2 saturated carbocycles. The monoisotopic (exact) mass is 196 g/mol. The molecule has 2 fully saturated rings. The molecule has 0 bridgehead atoms. The smallest absolute Gasteiger partial charge is 0.0577 e. The molecule has 1 nitrogen and oxygen atoms in total. The number of hydrogen-bond donors (Lipinski definition) is 0. The van der Waals surface area contributed by atoms with Crippen molar-refractivity contribution in [3.8, 4) is 0 Å². The molecule has 0 spiro atoms. The second-order valence-corrected chi connectivity index (χ2v) is 5.33. The first-order valence-electron chi connectivity index (χ1n) is 6.41. The van der Waals surface area contributed by atoms with E-state index < -0.39 is 0 Å². The van der Waals surface area contributed by atoms with Crippen molar-refractivity contribution in [2.75, 3.05) is 6.61 Å². The molecule has 0 aliphatic heterocycles. The average Bonchev–Trinajstić information content (AvgIpc) is 2.19. The van der Waals surface area contributed by atoms with E-state index in [0.717, 1.165) is 24.4 Å². The van der Waals surface area contributed by atoms with Gasteiger partial charge in [-0.05, 0) is 56.8 Å². The molecule has 0 radical (unpaired) electrons. The highest BCUT2D eigenvalue weighted by molar-refractivity contribution is 4.85. The summed E-state index contributed by atoms with van der Waals surface area (Å²) in [4.78, 5) is 0. The first-order valence-corrected chi connectivity index (χ1v) is 6.41. The molecule has 2 aliphatic carbocycles. The Bertz CT molecular complexity index is 178. The van der Waals surface area contributed by atoms with Gasteiger partial charge in [0.1, 0.15) is 0 Å². The van der Waals surface area contributed by atoms with Gasteiger partial charge in [-0.2, -0.15) is 0 Å². The van der Waals surface area contributed by atoms with Gasteiger partial charge in [-0.1, -0.05) is 13.3 Å². The molecule has 4 unspecified atom stereocenters. The van der Waals surface area contributed by atoms with Gasteiger partial charge in [0, 0.05) is 6.61 Å². The summed E-state index contributed by atoms with van der Waals surface area (Å²) in [5.41, 5.74) is 0. The average molecular weight is 196 g/mol. The van der Waals surface area contributed by atoms with Crippen LogP contribution in [0.2, 0.25) is 0 Å². The van der Waals surface area contributed by atoms with Gasteiger partial charge >= 0.3 is 0 Å². The zero-order valence-corrected chi connectivity index (χ0v) is 9.67. The Kier molecular flexibility index (Phi) is 3.48. The van der Waals surface area contributed by atoms with E-state index in [1.807, 2.05) is 0 Å². The summed E-state index contributed by atoms with van der Waals surface area (Å²) in [5.74, 6) is 3.02. The Hall–Kier alpha value is -0.0400. The van der Waals surface area contributed by atoms with Gasteiger partial charge in [-0.15, -0.1) is 0 Å². The lowest BCUT2D eigenvalue weighted by Gasteiger charge is -2.41. The molecular formula is C13H24O. The fourth-order valence-electron chi connectivity index (χ4n) is 3.47. The van der Waals surface area contributed by atoms with Crippen molar-refractivity contribution in [2.24, 2.45) is 17.8 Å². The summed E-state index contributed by atoms with van der Waals surface area (Å²) in [7, 11) is 0. The van der Waals surface area contributed by atoms with Gasteiger partial charge in [0.15, 0.2) is 0 Å². The summed E-state index contributed by atoms with van der Waals surface area (Å²) < 4.78 is 5.76. The van der Waals surface area contributed by atoms with Crippen LogP contribution in [0.4, 0.5) is 0 Å². The molecule has 0 saturated heterocycles. The third kappa shape index (κ3) is 2.31. The van der Waals surface area contributed by atoms with E-state index in [2.05, 4.69) is 13.8 Å². The maximum Gasteiger partial charge on any atom is 0.0577 e. The summed E-state index contributed by atoms with van der Waals surface area (Å²) in [6.45, 7) is 5.44. The SMILES string of the molecule is CCOC1CCC2CC(C)CCC2C1. The van der Waals surface area contributed by atoms with Crippen LogP contribution in [0.5, 0.6) is 0 Å². The van der Waals surface area contributed by atoms with Gasteiger partial charge in [0.05, 0.1) is 6.10 Å². The van der Waals surface area contributed by atoms with Crippen LogP contribution in [0, 0.1) is 17.8 Å². The molecule has 2 rings (SSSR count). The van der Waals surface area contributed by atoms with Crippen LogP contribution in [0.3, 0.4) is 0 Å². The van der Waals surface area contributed by atoms with Crippen molar-refractivity contribution in [3.63, 3.8) is 0 Å². The maximum absolute atomic E-state index is 5.76. The molecule has 0 aromatic rings. The zero-order valence-electron chi connectivity index (χ0n) is 9.67. The van der Waals surface area contributed by atoms with Crippen molar-refractivity contribution < 1.29 is 4.74 Å². The minimum atomic E-state index is 0.592. The Morgan fingerprint density at radius 2 is 1.71 bits per heavy atom. The Labute approximate surface area is 88.2 Å². The van der Waals surface area contributed by atoms with Crippen molar-refractivity contribution in [2.45, 2.75) is 58.5 Å².